The van der Waals surface area contributed by atoms with Crippen molar-refractivity contribution in [1.82, 2.24) is 0 Å². The lowest BCUT2D eigenvalue weighted by Crippen LogP contribution is -2.35. The molecule has 1 heterocycles. The van der Waals surface area contributed by atoms with Crippen molar-refractivity contribution in [2.45, 2.75) is 45.3 Å². The Morgan fingerprint density at radius 2 is 1.95 bits per heavy atom. The smallest absolute Gasteiger partial charge is 0.192 e. The quantitative estimate of drug-likeness (QED) is 0.753. The summed E-state index contributed by atoms with van der Waals surface area (Å²) in [6.07, 6.45) is 2.82. The third-order valence-corrected chi connectivity index (χ3v) is 4.32. The highest BCUT2D eigenvalue weighted by Crippen LogP contribution is 2.51. The first-order chi connectivity index (χ1) is 8.74. The standard InChI is InChI=1S/C15H18O4/c1-14(2)4-8-11(5-14)15(3,18)13(17)10-7-19-6-9(10)12(8)16/h6-7,13,17-18H,4-5H2,1-3H3/t13-,15+/m0/s1. The minimum atomic E-state index is -1.42. The van der Waals surface area contributed by atoms with Gasteiger partial charge < -0.3 is 14.6 Å². The molecule has 4 nitrogen and oxygen atoms in total. The Hall–Kier alpha value is -1.39. The molecule has 102 valence electrons. The summed E-state index contributed by atoms with van der Waals surface area (Å²) < 4.78 is 5.04. The van der Waals surface area contributed by atoms with Crippen LogP contribution in [0.2, 0.25) is 0 Å². The van der Waals surface area contributed by atoms with Crippen molar-refractivity contribution in [3.05, 3.63) is 34.8 Å². The third kappa shape index (κ3) is 1.63. The van der Waals surface area contributed by atoms with Gasteiger partial charge in [0.15, 0.2) is 5.78 Å². The van der Waals surface area contributed by atoms with E-state index in [0.29, 0.717) is 35.1 Å². The first-order valence-corrected chi connectivity index (χ1v) is 6.48. The second kappa shape index (κ2) is 3.58. The Morgan fingerprint density at radius 1 is 1.26 bits per heavy atom. The number of carbonyl (C=O) groups excluding carboxylic acids is 1. The fourth-order valence-corrected chi connectivity index (χ4v) is 3.27. The molecule has 0 amide bonds. The molecule has 2 aliphatic rings. The summed E-state index contributed by atoms with van der Waals surface area (Å²) >= 11 is 0. The zero-order valence-electron chi connectivity index (χ0n) is 11.4. The maximum absolute atomic E-state index is 12.6. The van der Waals surface area contributed by atoms with Crippen LogP contribution in [0.5, 0.6) is 0 Å². The van der Waals surface area contributed by atoms with Gasteiger partial charge in [-0.05, 0) is 30.8 Å². The maximum atomic E-state index is 12.6. The van der Waals surface area contributed by atoms with Crippen LogP contribution < -0.4 is 0 Å². The lowest BCUT2D eigenvalue weighted by atomic mass is 9.81. The largest absolute Gasteiger partial charge is 0.471 e. The predicted molar refractivity (Wildman–Crippen MR) is 68.7 cm³/mol. The fourth-order valence-electron chi connectivity index (χ4n) is 3.27. The van der Waals surface area contributed by atoms with Crippen molar-refractivity contribution in [3.63, 3.8) is 0 Å². The van der Waals surface area contributed by atoms with Gasteiger partial charge in [0.25, 0.3) is 0 Å². The van der Waals surface area contributed by atoms with E-state index in [0.717, 1.165) is 0 Å². The molecule has 0 aromatic carbocycles. The monoisotopic (exact) mass is 262 g/mol. The van der Waals surface area contributed by atoms with Crippen molar-refractivity contribution in [2.24, 2.45) is 5.41 Å². The van der Waals surface area contributed by atoms with Crippen molar-refractivity contribution < 1.29 is 19.4 Å². The van der Waals surface area contributed by atoms with E-state index in [1.807, 2.05) is 0 Å². The number of fused-ring (bicyclic) bond motifs is 1. The molecule has 2 aliphatic carbocycles. The Labute approximate surface area is 111 Å². The summed E-state index contributed by atoms with van der Waals surface area (Å²) in [6.45, 7) is 5.70. The molecule has 0 fully saturated rings. The van der Waals surface area contributed by atoms with Crippen LogP contribution in [-0.2, 0) is 0 Å². The first kappa shape index (κ1) is 12.6. The minimum absolute atomic E-state index is 0.0642. The van der Waals surface area contributed by atoms with E-state index in [2.05, 4.69) is 13.8 Å². The van der Waals surface area contributed by atoms with E-state index in [1.54, 1.807) is 6.92 Å². The van der Waals surface area contributed by atoms with Crippen molar-refractivity contribution in [3.8, 4) is 0 Å². The summed E-state index contributed by atoms with van der Waals surface area (Å²) in [6, 6.07) is 0. The van der Waals surface area contributed by atoms with Gasteiger partial charge in [-0.25, -0.2) is 0 Å². The summed E-state index contributed by atoms with van der Waals surface area (Å²) in [7, 11) is 0. The molecule has 0 saturated carbocycles. The average molecular weight is 262 g/mol. The van der Waals surface area contributed by atoms with E-state index in [4.69, 9.17) is 4.42 Å². The Balaban J connectivity index is 2.23. The second-order valence-corrected chi connectivity index (χ2v) is 6.59. The average Bonchev–Trinajstić information content (AvgIpc) is 2.89. The molecule has 3 rings (SSSR count). The van der Waals surface area contributed by atoms with Crippen LogP contribution >= 0.6 is 0 Å². The molecule has 0 aliphatic heterocycles. The SMILES string of the molecule is CC1(C)CC2=C(C1)[C@@](C)(O)[C@@H](O)c1cocc1C2=O. The number of aliphatic hydroxyl groups excluding tert-OH is 1. The number of furan rings is 1. The number of rotatable bonds is 0. The van der Waals surface area contributed by atoms with E-state index in [-0.39, 0.29) is 11.2 Å². The zero-order valence-corrected chi connectivity index (χ0v) is 11.4. The Kier molecular flexibility index (Phi) is 2.38. The first-order valence-electron chi connectivity index (χ1n) is 6.48. The zero-order chi connectivity index (χ0) is 14.0. The fraction of sp³-hybridized carbons (Fsp3) is 0.533. The van der Waals surface area contributed by atoms with Crippen molar-refractivity contribution in [1.29, 1.82) is 0 Å². The molecule has 19 heavy (non-hydrogen) atoms. The summed E-state index contributed by atoms with van der Waals surface area (Å²) in [5, 5.41) is 21.1. The highest BCUT2D eigenvalue weighted by molar-refractivity contribution is 6.11. The molecule has 0 unspecified atom stereocenters. The molecule has 2 N–H and O–H groups in total. The molecule has 0 spiro atoms. The summed E-state index contributed by atoms with van der Waals surface area (Å²) in [5.41, 5.74) is 0.567. The number of allylic oxidation sites excluding steroid dienone is 1. The van der Waals surface area contributed by atoms with E-state index in [1.165, 1.54) is 12.5 Å². The topological polar surface area (TPSA) is 70.7 Å². The molecule has 0 bridgehead atoms. The maximum Gasteiger partial charge on any atom is 0.192 e. The summed E-state index contributed by atoms with van der Waals surface area (Å²) in [4.78, 5) is 12.6. The van der Waals surface area contributed by atoms with E-state index >= 15 is 0 Å². The molecule has 0 saturated heterocycles. The van der Waals surface area contributed by atoms with Gasteiger partial charge in [-0.15, -0.1) is 0 Å². The second-order valence-electron chi connectivity index (χ2n) is 6.59. The molecular formula is C15H18O4. The minimum Gasteiger partial charge on any atom is -0.471 e. The number of ketones is 1. The molecule has 1 aromatic rings. The van der Waals surface area contributed by atoms with E-state index < -0.39 is 11.7 Å². The van der Waals surface area contributed by atoms with Crippen LogP contribution in [-0.4, -0.2) is 21.6 Å². The van der Waals surface area contributed by atoms with Gasteiger partial charge in [-0.2, -0.15) is 0 Å². The molecule has 2 atom stereocenters. The summed E-state index contributed by atoms with van der Waals surface area (Å²) in [5.74, 6) is -0.124. The lowest BCUT2D eigenvalue weighted by molar-refractivity contribution is -0.0391. The van der Waals surface area contributed by atoms with Crippen LogP contribution in [0.3, 0.4) is 0 Å². The van der Waals surface area contributed by atoms with Crippen LogP contribution in [0.25, 0.3) is 0 Å². The van der Waals surface area contributed by atoms with Gasteiger partial charge in [-0.1, -0.05) is 13.8 Å². The number of carbonyl (C=O) groups is 1. The normalized spacial score (nSPS) is 33.1. The number of hydrogen-bond acceptors (Lipinski definition) is 4. The van der Waals surface area contributed by atoms with Crippen molar-refractivity contribution in [2.75, 3.05) is 0 Å². The molecule has 4 heteroatoms. The van der Waals surface area contributed by atoms with Crippen LogP contribution in [0.4, 0.5) is 0 Å². The van der Waals surface area contributed by atoms with Crippen LogP contribution in [0, 0.1) is 5.41 Å². The Morgan fingerprint density at radius 3 is 2.63 bits per heavy atom. The molecule has 1 aromatic heterocycles. The van der Waals surface area contributed by atoms with Gasteiger partial charge in [-0.3, -0.25) is 4.79 Å². The van der Waals surface area contributed by atoms with E-state index in [9.17, 15) is 15.0 Å². The van der Waals surface area contributed by atoms with Gasteiger partial charge in [0.1, 0.15) is 18.0 Å². The Bertz CT molecular complexity index is 589. The van der Waals surface area contributed by atoms with Gasteiger partial charge in [0.05, 0.1) is 11.8 Å². The third-order valence-electron chi connectivity index (χ3n) is 4.32. The highest BCUT2D eigenvalue weighted by Gasteiger charge is 2.49. The number of Topliss-reactive ketones (excluding diaryl/α,β-unsaturated/α-hetero) is 1. The van der Waals surface area contributed by atoms with Gasteiger partial charge in [0, 0.05) is 11.1 Å². The molecular weight excluding hydrogens is 244 g/mol. The van der Waals surface area contributed by atoms with Crippen LogP contribution in [0.15, 0.2) is 28.1 Å². The van der Waals surface area contributed by atoms with Crippen LogP contribution in [0.1, 0.15) is 55.6 Å². The van der Waals surface area contributed by atoms with Gasteiger partial charge in [0.2, 0.25) is 0 Å². The number of hydrogen-bond donors (Lipinski definition) is 2. The number of aliphatic hydroxyl groups is 2. The predicted octanol–water partition coefficient (Wildman–Crippen LogP) is 2.38. The molecule has 0 radical (unpaired) electrons. The highest BCUT2D eigenvalue weighted by atomic mass is 16.3. The van der Waals surface area contributed by atoms with Crippen molar-refractivity contribution >= 4 is 5.78 Å². The van der Waals surface area contributed by atoms with Gasteiger partial charge >= 0.3 is 0 Å². The lowest BCUT2D eigenvalue weighted by Gasteiger charge is -2.31.